The highest BCUT2D eigenvalue weighted by atomic mass is 32.2. The van der Waals surface area contributed by atoms with Crippen LogP contribution in [0.1, 0.15) is 32.1 Å². The van der Waals surface area contributed by atoms with E-state index in [4.69, 9.17) is 10.5 Å². The van der Waals surface area contributed by atoms with Gasteiger partial charge in [-0.1, -0.05) is 0 Å². The lowest BCUT2D eigenvalue weighted by molar-refractivity contribution is 0.224. The average Bonchev–Trinajstić information content (AvgIpc) is 3.02. The molecule has 2 aliphatic rings. The molecule has 0 aromatic rings. The maximum Gasteiger partial charge on any atom is 0.347 e. The van der Waals surface area contributed by atoms with E-state index in [2.05, 4.69) is 4.99 Å². The summed E-state index contributed by atoms with van der Waals surface area (Å²) in [5.41, 5.74) is 5.45. The van der Waals surface area contributed by atoms with Crippen molar-refractivity contribution < 1.29 is 14.3 Å². The first-order chi connectivity index (χ1) is 9.87. The number of nitrogens with zero attached hydrogens (tertiary/aromatic N) is 3. The summed E-state index contributed by atoms with van der Waals surface area (Å²) in [6.45, 7) is 0. The standard InChI is InChI=1S/C13H22N4O3S/c1-16(2)11(19)15-12(20-3)17(10(14)18)21-13-6-4-9(8-13)5-7-13/h9H,4-8H2,1-3H3,(H2,14,18). The topological polar surface area (TPSA) is 88.2 Å². The van der Waals surface area contributed by atoms with Crippen LogP contribution in [-0.2, 0) is 4.74 Å². The molecular formula is C13H22N4O3S. The number of primary amides is 1. The third kappa shape index (κ3) is 3.42. The number of rotatable bonds is 2. The summed E-state index contributed by atoms with van der Waals surface area (Å²) in [5, 5.41) is 0. The van der Waals surface area contributed by atoms with Crippen molar-refractivity contribution >= 4 is 30.0 Å². The van der Waals surface area contributed by atoms with Crippen molar-refractivity contribution in [3.8, 4) is 0 Å². The Morgan fingerprint density at radius 3 is 2.33 bits per heavy atom. The smallest absolute Gasteiger partial charge is 0.347 e. The van der Waals surface area contributed by atoms with E-state index < -0.39 is 12.1 Å². The maximum absolute atomic E-state index is 11.8. The second-order valence-electron chi connectivity index (χ2n) is 5.83. The summed E-state index contributed by atoms with van der Waals surface area (Å²) < 4.78 is 6.36. The first kappa shape index (κ1) is 15.9. The minimum Gasteiger partial charge on any atom is -0.467 e. The summed E-state index contributed by atoms with van der Waals surface area (Å²) in [7, 11) is 4.54. The SMILES string of the molecule is COC(=NC(=O)N(C)C)N(SC12CCC(CC1)C2)C(N)=O. The molecule has 8 heteroatoms. The number of hydrogen-bond acceptors (Lipinski definition) is 4. The zero-order valence-corrected chi connectivity index (χ0v) is 13.5. The fraction of sp³-hybridized carbons (Fsp3) is 0.769. The molecule has 0 atom stereocenters. The number of hydrogen-bond donors (Lipinski definition) is 1. The first-order valence-corrected chi connectivity index (χ1v) is 7.77. The molecular weight excluding hydrogens is 292 g/mol. The van der Waals surface area contributed by atoms with Crippen molar-refractivity contribution in [2.45, 2.75) is 36.9 Å². The molecule has 7 nitrogen and oxygen atoms in total. The van der Waals surface area contributed by atoms with Gasteiger partial charge in [0.25, 0.3) is 0 Å². The molecule has 0 saturated heterocycles. The summed E-state index contributed by atoms with van der Waals surface area (Å²) in [6.07, 6.45) is 5.58. The van der Waals surface area contributed by atoms with Gasteiger partial charge in [-0.25, -0.2) is 9.59 Å². The number of fused-ring (bicyclic) bond motifs is 2. The lowest BCUT2D eigenvalue weighted by Crippen LogP contribution is -2.41. The van der Waals surface area contributed by atoms with Crippen LogP contribution >= 0.6 is 11.9 Å². The van der Waals surface area contributed by atoms with Crippen molar-refractivity contribution in [2.75, 3.05) is 21.2 Å². The van der Waals surface area contributed by atoms with Crippen LogP contribution in [0.3, 0.4) is 0 Å². The van der Waals surface area contributed by atoms with Gasteiger partial charge in [-0.3, -0.25) is 0 Å². The average molecular weight is 314 g/mol. The Bertz CT molecular complexity index is 458. The van der Waals surface area contributed by atoms with Crippen molar-refractivity contribution in [1.29, 1.82) is 0 Å². The van der Waals surface area contributed by atoms with Crippen LogP contribution in [0.4, 0.5) is 9.59 Å². The molecule has 21 heavy (non-hydrogen) atoms. The van der Waals surface area contributed by atoms with Crippen molar-refractivity contribution in [3.05, 3.63) is 0 Å². The quantitative estimate of drug-likeness (QED) is 0.480. The Labute approximate surface area is 129 Å². The van der Waals surface area contributed by atoms with Crippen LogP contribution in [0.25, 0.3) is 0 Å². The number of aliphatic imine (C=N–C) groups is 1. The Balaban J connectivity index is 2.17. The van der Waals surface area contributed by atoms with Gasteiger partial charge in [0.1, 0.15) is 0 Å². The van der Waals surface area contributed by atoms with Crippen LogP contribution in [0.15, 0.2) is 4.99 Å². The fourth-order valence-electron chi connectivity index (χ4n) is 2.99. The monoisotopic (exact) mass is 314 g/mol. The molecule has 2 bridgehead atoms. The molecule has 118 valence electrons. The minimum absolute atomic E-state index is 0.0279. The lowest BCUT2D eigenvalue weighted by atomic mass is 10.0. The van der Waals surface area contributed by atoms with Gasteiger partial charge in [0.15, 0.2) is 0 Å². The molecule has 0 aromatic carbocycles. The fourth-order valence-corrected chi connectivity index (χ4v) is 4.39. The van der Waals surface area contributed by atoms with Gasteiger partial charge in [0.2, 0.25) is 0 Å². The van der Waals surface area contributed by atoms with E-state index in [9.17, 15) is 9.59 Å². The molecule has 2 fully saturated rings. The Hall–Kier alpha value is -1.44. The molecule has 0 radical (unpaired) electrons. The highest BCUT2D eigenvalue weighted by molar-refractivity contribution is 7.99. The van der Waals surface area contributed by atoms with E-state index in [0.29, 0.717) is 0 Å². The number of amidine groups is 1. The summed E-state index contributed by atoms with van der Waals surface area (Å²) in [6, 6.07) is -1.22. The Morgan fingerprint density at radius 1 is 1.33 bits per heavy atom. The number of nitrogens with two attached hydrogens (primary N) is 1. The number of methoxy groups -OCH3 is 1. The molecule has 2 aliphatic carbocycles. The largest absolute Gasteiger partial charge is 0.467 e. The highest BCUT2D eigenvalue weighted by Crippen LogP contribution is 2.56. The Kier molecular flexibility index (Phi) is 4.65. The predicted molar refractivity (Wildman–Crippen MR) is 81.8 cm³/mol. The van der Waals surface area contributed by atoms with Gasteiger partial charge in [0.05, 0.1) is 7.11 Å². The highest BCUT2D eigenvalue weighted by Gasteiger charge is 2.48. The number of carbonyl (C=O) groups excluding carboxylic acids is 2. The normalized spacial score (nSPS) is 27.6. The number of ether oxygens (including phenoxy) is 1. The molecule has 0 heterocycles. The van der Waals surface area contributed by atoms with Gasteiger partial charge in [-0.05, 0) is 50.0 Å². The number of amides is 4. The number of carbonyl (C=O) groups is 2. The second-order valence-corrected chi connectivity index (χ2v) is 7.24. The van der Waals surface area contributed by atoms with E-state index in [1.807, 2.05) is 0 Å². The minimum atomic E-state index is -0.670. The van der Waals surface area contributed by atoms with Crippen LogP contribution in [0.5, 0.6) is 0 Å². The molecule has 0 spiro atoms. The van der Waals surface area contributed by atoms with Gasteiger partial charge in [0, 0.05) is 18.8 Å². The zero-order chi connectivity index (χ0) is 15.6. The summed E-state index contributed by atoms with van der Waals surface area (Å²) >= 11 is 1.37. The van der Waals surface area contributed by atoms with Gasteiger partial charge >= 0.3 is 18.1 Å². The van der Waals surface area contributed by atoms with Crippen molar-refractivity contribution in [1.82, 2.24) is 9.21 Å². The summed E-state index contributed by atoms with van der Waals surface area (Å²) in [4.78, 5) is 28.6. The van der Waals surface area contributed by atoms with Crippen molar-refractivity contribution in [3.63, 3.8) is 0 Å². The van der Waals surface area contributed by atoms with E-state index in [1.54, 1.807) is 14.1 Å². The third-order valence-electron chi connectivity index (χ3n) is 4.09. The molecule has 0 unspecified atom stereocenters. The van der Waals surface area contributed by atoms with Gasteiger partial charge in [-0.2, -0.15) is 4.31 Å². The van der Waals surface area contributed by atoms with E-state index in [-0.39, 0.29) is 10.8 Å². The van der Waals surface area contributed by atoms with Crippen LogP contribution in [-0.4, -0.2) is 53.2 Å². The molecule has 2 saturated carbocycles. The summed E-state index contributed by atoms with van der Waals surface area (Å²) in [5.74, 6) is 0.749. The van der Waals surface area contributed by atoms with Crippen molar-refractivity contribution in [2.24, 2.45) is 16.6 Å². The maximum atomic E-state index is 11.8. The van der Waals surface area contributed by atoms with Gasteiger partial charge < -0.3 is 15.4 Å². The first-order valence-electron chi connectivity index (χ1n) is 6.99. The zero-order valence-electron chi connectivity index (χ0n) is 12.7. The molecule has 2 rings (SSSR count). The molecule has 2 N–H and O–H groups in total. The Morgan fingerprint density at radius 2 is 1.95 bits per heavy atom. The van der Waals surface area contributed by atoms with Gasteiger partial charge in [-0.15, -0.1) is 4.99 Å². The molecule has 0 aliphatic heterocycles. The van der Waals surface area contributed by atoms with E-state index in [0.717, 1.165) is 25.2 Å². The lowest BCUT2D eigenvalue weighted by Gasteiger charge is -2.31. The molecule has 0 aromatic heterocycles. The van der Waals surface area contributed by atoms with Crippen LogP contribution < -0.4 is 5.73 Å². The molecule has 4 amide bonds. The van der Waals surface area contributed by atoms with E-state index in [1.165, 1.54) is 41.1 Å². The number of urea groups is 2. The van der Waals surface area contributed by atoms with Crippen LogP contribution in [0.2, 0.25) is 0 Å². The van der Waals surface area contributed by atoms with E-state index >= 15 is 0 Å². The second kappa shape index (κ2) is 6.13. The predicted octanol–water partition coefficient (Wildman–Crippen LogP) is 2.03. The third-order valence-corrected chi connectivity index (χ3v) is 5.57. The van der Waals surface area contributed by atoms with Crippen LogP contribution in [0, 0.1) is 5.92 Å².